The fourth-order valence-electron chi connectivity index (χ4n) is 2.76. The van der Waals surface area contributed by atoms with Gasteiger partial charge >= 0.3 is 12.0 Å². The van der Waals surface area contributed by atoms with Crippen molar-refractivity contribution in [1.29, 1.82) is 0 Å². The molecule has 2 N–H and O–H groups in total. The third-order valence-corrected chi connectivity index (χ3v) is 3.81. The molecule has 0 bridgehead atoms. The minimum atomic E-state index is -0.748. The number of rotatable bonds is 6. The molecule has 1 aliphatic heterocycles. The van der Waals surface area contributed by atoms with Crippen molar-refractivity contribution in [2.45, 2.75) is 19.9 Å². The normalized spacial score (nSPS) is 16.7. The van der Waals surface area contributed by atoms with Gasteiger partial charge in [0.15, 0.2) is 11.5 Å². The predicted molar refractivity (Wildman–Crippen MR) is 89.8 cm³/mol. The van der Waals surface area contributed by atoms with E-state index in [2.05, 4.69) is 10.6 Å². The van der Waals surface area contributed by atoms with Crippen molar-refractivity contribution in [2.75, 3.05) is 27.9 Å². The highest BCUT2D eigenvalue weighted by Crippen LogP contribution is 2.44. The summed E-state index contributed by atoms with van der Waals surface area (Å²) in [6, 6.07) is 2.22. The Labute approximate surface area is 146 Å². The van der Waals surface area contributed by atoms with Crippen LogP contribution in [0.15, 0.2) is 23.4 Å². The van der Waals surface area contributed by atoms with Crippen molar-refractivity contribution in [3.05, 3.63) is 29.0 Å². The number of hydrogen-bond acceptors (Lipinski definition) is 6. The molecule has 0 unspecified atom stereocenters. The molecule has 0 radical (unpaired) electrons. The molecular weight excluding hydrogens is 328 g/mol. The molecule has 25 heavy (non-hydrogen) atoms. The highest BCUT2D eigenvalue weighted by atomic mass is 16.5. The van der Waals surface area contributed by atoms with Gasteiger partial charge in [0.2, 0.25) is 5.75 Å². The van der Waals surface area contributed by atoms with Gasteiger partial charge in [0.25, 0.3) is 0 Å². The van der Waals surface area contributed by atoms with E-state index in [1.807, 2.05) is 0 Å². The lowest BCUT2D eigenvalue weighted by molar-refractivity contribution is -0.139. The van der Waals surface area contributed by atoms with Gasteiger partial charge in [0.05, 0.1) is 39.6 Å². The summed E-state index contributed by atoms with van der Waals surface area (Å²) in [5.74, 6) is 0.691. The number of esters is 1. The van der Waals surface area contributed by atoms with Gasteiger partial charge in [-0.05, 0) is 26.0 Å². The number of benzene rings is 1. The van der Waals surface area contributed by atoms with Gasteiger partial charge in [-0.15, -0.1) is 0 Å². The summed E-state index contributed by atoms with van der Waals surface area (Å²) >= 11 is 0. The highest BCUT2D eigenvalue weighted by molar-refractivity contribution is 5.95. The average Bonchev–Trinajstić information content (AvgIpc) is 2.59. The van der Waals surface area contributed by atoms with E-state index in [9.17, 15) is 9.59 Å². The third-order valence-electron chi connectivity index (χ3n) is 3.81. The summed E-state index contributed by atoms with van der Waals surface area (Å²) in [5.41, 5.74) is 1.27. The third kappa shape index (κ3) is 3.47. The van der Waals surface area contributed by atoms with Crippen LogP contribution in [0.5, 0.6) is 17.2 Å². The van der Waals surface area contributed by atoms with Crippen molar-refractivity contribution in [2.24, 2.45) is 0 Å². The Morgan fingerprint density at radius 3 is 2.36 bits per heavy atom. The zero-order valence-corrected chi connectivity index (χ0v) is 14.9. The van der Waals surface area contributed by atoms with Crippen LogP contribution in [-0.4, -0.2) is 39.9 Å². The van der Waals surface area contributed by atoms with Crippen LogP contribution < -0.4 is 24.8 Å². The van der Waals surface area contributed by atoms with E-state index in [4.69, 9.17) is 18.9 Å². The van der Waals surface area contributed by atoms with Gasteiger partial charge in [0, 0.05) is 11.3 Å². The van der Waals surface area contributed by atoms with Crippen molar-refractivity contribution in [3.63, 3.8) is 0 Å². The van der Waals surface area contributed by atoms with Crippen LogP contribution in [0, 0.1) is 0 Å². The first kappa shape index (κ1) is 18.4. The van der Waals surface area contributed by atoms with E-state index in [1.165, 1.54) is 21.3 Å². The molecule has 0 aromatic heterocycles. The number of amides is 2. The van der Waals surface area contributed by atoms with Crippen molar-refractivity contribution in [3.8, 4) is 17.2 Å². The van der Waals surface area contributed by atoms with Gasteiger partial charge in [-0.2, -0.15) is 0 Å². The summed E-state index contributed by atoms with van der Waals surface area (Å²) in [6.45, 7) is 3.58. The Kier molecular flexibility index (Phi) is 5.74. The monoisotopic (exact) mass is 350 g/mol. The van der Waals surface area contributed by atoms with Gasteiger partial charge in [-0.25, -0.2) is 9.59 Å². The topological polar surface area (TPSA) is 95.1 Å². The zero-order chi connectivity index (χ0) is 18.6. The van der Waals surface area contributed by atoms with E-state index in [0.717, 1.165) is 0 Å². The minimum absolute atomic E-state index is 0.222. The molecule has 1 atom stereocenters. The maximum atomic E-state index is 12.4. The van der Waals surface area contributed by atoms with Gasteiger partial charge in [-0.1, -0.05) is 0 Å². The molecule has 0 fully saturated rings. The number of allylic oxidation sites excluding steroid dienone is 1. The van der Waals surface area contributed by atoms with Crippen molar-refractivity contribution in [1.82, 2.24) is 10.6 Å². The molecule has 136 valence electrons. The van der Waals surface area contributed by atoms with Crippen LogP contribution in [0.25, 0.3) is 0 Å². The fraction of sp³-hybridized carbons (Fsp3) is 0.412. The van der Waals surface area contributed by atoms with Crippen LogP contribution in [0.3, 0.4) is 0 Å². The van der Waals surface area contributed by atoms with Crippen molar-refractivity contribution < 1.29 is 28.5 Å². The first-order chi connectivity index (χ1) is 12.0. The number of nitrogens with one attached hydrogen (secondary N) is 2. The Balaban J connectivity index is 2.63. The molecule has 1 aliphatic rings. The Morgan fingerprint density at radius 1 is 1.12 bits per heavy atom. The van der Waals surface area contributed by atoms with E-state index in [-0.39, 0.29) is 6.61 Å². The second-order valence-electron chi connectivity index (χ2n) is 5.21. The van der Waals surface area contributed by atoms with E-state index < -0.39 is 18.0 Å². The predicted octanol–water partition coefficient (Wildman–Crippen LogP) is 1.90. The lowest BCUT2D eigenvalue weighted by Crippen LogP contribution is -2.45. The summed E-state index contributed by atoms with van der Waals surface area (Å²) < 4.78 is 21.2. The fourth-order valence-corrected chi connectivity index (χ4v) is 2.76. The van der Waals surface area contributed by atoms with Crippen LogP contribution in [0.4, 0.5) is 4.79 Å². The molecule has 2 rings (SSSR count). The molecule has 0 aliphatic carbocycles. The number of urea groups is 1. The van der Waals surface area contributed by atoms with Gasteiger partial charge in [-0.3, -0.25) is 0 Å². The van der Waals surface area contributed by atoms with E-state index in [0.29, 0.717) is 34.1 Å². The maximum absolute atomic E-state index is 12.4. The lowest BCUT2D eigenvalue weighted by atomic mass is 9.94. The first-order valence-corrected chi connectivity index (χ1v) is 7.72. The smallest absolute Gasteiger partial charge is 0.338 e. The quantitative estimate of drug-likeness (QED) is 0.761. The number of methoxy groups -OCH3 is 3. The molecule has 8 nitrogen and oxygen atoms in total. The van der Waals surface area contributed by atoms with E-state index >= 15 is 0 Å². The van der Waals surface area contributed by atoms with Gasteiger partial charge in [0.1, 0.15) is 0 Å². The molecule has 1 aromatic carbocycles. The summed E-state index contributed by atoms with van der Waals surface area (Å²) in [5, 5.41) is 5.32. The second-order valence-corrected chi connectivity index (χ2v) is 5.21. The minimum Gasteiger partial charge on any atom is -0.493 e. The number of ether oxygens (including phenoxy) is 4. The standard InChI is InChI=1S/C17H22N2O6/c1-6-25-16(20)12-9(2)18-17(21)19-13(12)10-7-8-11(22-3)15(24-5)14(10)23-4/h7-8,13H,6H2,1-5H3,(H2,18,19,21)/t13-/m1/s1. The van der Waals surface area contributed by atoms with Crippen LogP contribution in [0.1, 0.15) is 25.5 Å². The highest BCUT2D eigenvalue weighted by Gasteiger charge is 2.35. The molecule has 1 aromatic rings. The maximum Gasteiger partial charge on any atom is 0.338 e. The summed E-state index contributed by atoms with van der Waals surface area (Å²) in [6.07, 6.45) is 0. The van der Waals surface area contributed by atoms with Crippen molar-refractivity contribution >= 4 is 12.0 Å². The SMILES string of the molecule is CCOC(=O)C1=C(C)NC(=O)N[C@@H]1c1ccc(OC)c(OC)c1OC. The Hall–Kier alpha value is -2.90. The lowest BCUT2D eigenvalue weighted by Gasteiger charge is -2.29. The largest absolute Gasteiger partial charge is 0.493 e. The zero-order valence-electron chi connectivity index (χ0n) is 14.9. The molecular formula is C17H22N2O6. The molecule has 8 heteroatoms. The molecule has 2 amide bonds. The molecule has 0 saturated heterocycles. The second kappa shape index (κ2) is 7.78. The van der Waals surface area contributed by atoms with Crippen LogP contribution >= 0.6 is 0 Å². The Bertz CT molecular complexity index is 713. The van der Waals surface area contributed by atoms with Crippen LogP contribution in [-0.2, 0) is 9.53 Å². The summed E-state index contributed by atoms with van der Waals surface area (Å²) in [4.78, 5) is 24.4. The first-order valence-electron chi connectivity index (χ1n) is 7.72. The molecule has 0 spiro atoms. The number of carbonyl (C=O) groups excluding carboxylic acids is 2. The Morgan fingerprint density at radius 2 is 1.80 bits per heavy atom. The summed E-state index contributed by atoms with van der Waals surface area (Å²) in [7, 11) is 4.47. The molecule has 1 heterocycles. The number of carbonyl (C=O) groups is 2. The van der Waals surface area contributed by atoms with Crippen LogP contribution in [0.2, 0.25) is 0 Å². The van der Waals surface area contributed by atoms with Gasteiger partial charge < -0.3 is 29.6 Å². The molecule has 0 saturated carbocycles. The average molecular weight is 350 g/mol. The number of hydrogen-bond donors (Lipinski definition) is 2. The van der Waals surface area contributed by atoms with E-state index in [1.54, 1.807) is 26.0 Å².